The van der Waals surface area contributed by atoms with Gasteiger partial charge in [-0.2, -0.15) is 0 Å². The molecule has 0 spiro atoms. The summed E-state index contributed by atoms with van der Waals surface area (Å²) in [6.07, 6.45) is 0. The molecule has 0 saturated carbocycles. The zero-order valence-electron chi connectivity index (χ0n) is 10.8. The predicted octanol–water partition coefficient (Wildman–Crippen LogP) is 3.15. The summed E-state index contributed by atoms with van der Waals surface area (Å²) in [5.41, 5.74) is 2.47. The maximum Gasteiger partial charge on any atom is 0.119 e. The highest BCUT2D eigenvalue weighted by Gasteiger charge is 2.38. The van der Waals surface area contributed by atoms with Crippen LogP contribution in [0.5, 0.6) is 5.75 Å². The van der Waals surface area contributed by atoms with Gasteiger partial charge in [0.05, 0.1) is 7.11 Å². The number of hydrogen-bond donors (Lipinski definition) is 0. The summed E-state index contributed by atoms with van der Waals surface area (Å²) >= 11 is 6.40. The first-order valence-electron chi connectivity index (χ1n) is 6.03. The Balaban J connectivity index is 2.38. The van der Waals surface area contributed by atoms with Crippen molar-refractivity contribution in [3.05, 3.63) is 41.4 Å². The Kier molecular flexibility index (Phi) is 2.54. The minimum Gasteiger partial charge on any atom is -0.497 e. The molecule has 0 unspecified atom stereocenters. The normalized spacial score (nSPS) is 15.1. The smallest absolute Gasteiger partial charge is 0.119 e. The highest BCUT2D eigenvalue weighted by molar-refractivity contribution is 7.04. The first-order valence-corrected chi connectivity index (χ1v) is 9.41. The molecular formula is C15H15ClOSi. The maximum absolute atomic E-state index is 6.40. The summed E-state index contributed by atoms with van der Waals surface area (Å²) in [5.74, 6) is 0.895. The van der Waals surface area contributed by atoms with Crippen molar-refractivity contribution >= 4 is 30.0 Å². The van der Waals surface area contributed by atoms with E-state index in [-0.39, 0.29) is 0 Å². The largest absolute Gasteiger partial charge is 0.497 e. The molecule has 0 amide bonds. The van der Waals surface area contributed by atoms with Crippen LogP contribution in [0.3, 0.4) is 0 Å². The van der Waals surface area contributed by atoms with E-state index < -0.39 is 8.07 Å². The van der Waals surface area contributed by atoms with Crippen LogP contribution in [0, 0.1) is 0 Å². The second kappa shape index (κ2) is 3.87. The van der Waals surface area contributed by atoms with E-state index in [1.165, 1.54) is 21.5 Å². The summed E-state index contributed by atoms with van der Waals surface area (Å²) in [4.78, 5) is 0. The quantitative estimate of drug-likeness (QED) is 0.726. The van der Waals surface area contributed by atoms with Gasteiger partial charge in [0.25, 0.3) is 0 Å². The maximum atomic E-state index is 6.40. The Labute approximate surface area is 113 Å². The van der Waals surface area contributed by atoms with Gasteiger partial charge in [-0.1, -0.05) is 42.9 Å². The molecule has 92 valence electrons. The molecule has 0 aliphatic carbocycles. The van der Waals surface area contributed by atoms with Crippen molar-refractivity contribution in [3.8, 4) is 16.9 Å². The van der Waals surface area contributed by atoms with E-state index in [0.29, 0.717) is 0 Å². The van der Waals surface area contributed by atoms with Gasteiger partial charge in [-0.05, 0) is 39.7 Å². The van der Waals surface area contributed by atoms with Gasteiger partial charge in [0, 0.05) is 5.02 Å². The molecule has 3 rings (SSSR count). The summed E-state index contributed by atoms with van der Waals surface area (Å²) in [6, 6.07) is 12.6. The lowest BCUT2D eigenvalue weighted by molar-refractivity contribution is 0.415. The molecule has 3 heteroatoms. The fourth-order valence-corrected chi connectivity index (χ4v) is 6.29. The molecule has 18 heavy (non-hydrogen) atoms. The van der Waals surface area contributed by atoms with Gasteiger partial charge in [-0.15, -0.1) is 0 Å². The van der Waals surface area contributed by atoms with Crippen molar-refractivity contribution < 1.29 is 4.74 Å². The van der Waals surface area contributed by atoms with E-state index in [0.717, 1.165) is 10.8 Å². The molecule has 2 aromatic rings. The van der Waals surface area contributed by atoms with Crippen LogP contribution in [0.4, 0.5) is 0 Å². The molecule has 0 aromatic heterocycles. The molecule has 0 radical (unpaired) electrons. The van der Waals surface area contributed by atoms with Crippen LogP contribution in [-0.4, -0.2) is 15.2 Å². The Bertz CT molecular complexity index is 634. The summed E-state index contributed by atoms with van der Waals surface area (Å²) in [6.45, 7) is 4.75. The number of hydrogen-bond acceptors (Lipinski definition) is 1. The topological polar surface area (TPSA) is 9.23 Å². The van der Waals surface area contributed by atoms with E-state index in [1.54, 1.807) is 7.11 Å². The average molecular weight is 275 g/mol. The first kappa shape index (κ1) is 11.8. The zero-order valence-corrected chi connectivity index (χ0v) is 12.5. The second-order valence-corrected chi connectivity index (χ2v) is 9.93. The minimum absolute atomic E-state index is 0.847. The van der Waals surface area contributed by atoms with E-state index in [2.05, 4.69) is 37.4 Å². The molecule has 0 bridgehead atoms. The molecule has 1 nitrogen and oxygen atoms in total. The van der Waals surface area contributed by atoms with Crippen LogP contribution >= 0.6 is 11.6 Å². The SMILES string of the molecule is COc1ccc2c(c1)-c1c(Cl)cccc1[Si]2(C)C. The fourth-order valence-electron chi connectivity index (χ4n) is 2.87. The predicted molar refractivity (Wildman–Crippen MR) is 80.2 cm³/mol. The molecule has 0 atom stereocenters. The Morgan fingerprint density at radius 1 is 1.06 bits per heavy atom. The lowest BCUT2D eigenvalue weighted by Crippen LogP contribution is -2.49. The second-order valence-electron chi connectivity index (χ2n) is 5.20. The van der Waals surface area contributed by atoms with Crippen LogP contribution in [0.25, 0.3) is 11.1 Å². The van der Waals surface area contributed by atoms with Gasteiger partial charge in [0.2, 0.25) is 0 Å². The third-order valence-corrected chi connectivity index (χ3v) is 7.72. The molecule has 1 aliphatic rings. The zero-order chi connectivity index (χ0) is 12.9. The average Bonchev–Trinajstić information content (AvgIpc) is 2.59. The molecule has 1 heterocycles. The van der Waals surface area contributed by atoms with Crippen molar-refractivity contribution in [1.82, 2.24) is 0 Å². The Morgan fingerprint density at radius 2 is 1.83 bits per heavy atom. The molecule has 0 N–H and O–H groups in total. The van der Waals surface area contributed by atoms with Crippen LogP contribution in [0.15, 0.2) is 36.4 Å². The number of benzene rings is 2. The Hall–Kier alpha value is -1.25. The van der Waals surface area contributed by atoms with E-state index in [1.807, 2.05) is 12.1 Å². The van der Waals surface area contributed by atoms with Crippen LogP contribution in [-0.2, 0) is 0 Å². The van der Waals surface area contributed by atoms with Crippen molar-refractivity contribution in [3.63, 3.8) is 0 Å². The number of fused-ring (bicyclic) bond motifs is 3. The molecule has 0 fully saturated rings. The van der Waals surface area contributed by atoms with Gasteiger partial charge in [0.15, 0.2) is 0 Å². The molecule has 0 saturated heterocycles. The van der Waals surface area contributed by atoms with E-state index in [4.69, 9.17) is 16.3 Å². The number of ether oxygens (including phenoxy) is 1. The lowest BCUT2D eigenvalue weighted by atomic mass is 10.1. The Morgan fingerprint density at radius 3 is 2.56 bits per heavy atom. The van der Waals surface area contributed by atoms with Crippen LogP contribution in [0.1, 0.15) is 0 Å². The lowest BCUT2D eigenvalue weighted by Gasteiger charge is -2.18. The number of methoxy groups -OCH3 is 1. The van der Waals surface area contributed by atoms with Crippen molar-refractivity contribution in [2.24, 2.45) is 0 Å². The van der Waals surface area contributed by atoms with Gasteiger partial charge < -0.3 is 4.74 Å². The molecule has 1 aliphatic heterocycles. The summed E-state index contributed by atoms with van der Waals surface area (Å²) in [7, 11) is 0.113. The summed E-state index contributed by atoms with van der Waals surface area (Å²) < 4.78 is 5.33. The fraction of sp³-hybridized carbons (Fsp3) is 0.200. The van der Waals surface area contributed by atoms with E-state index in [9.17, 15) is 0 Å². The highest BCUT2D eigenvalue weighted by Crippen LogP contribution is 2.35. The standard InChI is InChI=1S/C15H15ClOSi/c1-17-10-7-8-13-11(9-10)15-12(16)5-4-6-14(15)18(13,2)3/h4-9H,1-3H3. The van der Waals surface area contributed by atoms with Crippen molar-refractivity contribution in [1.29, 1.82) is 0 Å². The number of halogens is 1. The van der Waals surface area contributed by atoms with Gasteiger partial charge in [-0.25, -0.2) is 0 Å². The third-order valence-electron chi connectivity index (χ3n) is 3.86. The van der Waals surface area contributed by atoms with E-state index >= 15 is 0 Å². The monoisotopic (exact) mass is 274 g/mol. The highest BCUT2D eigenvalue weighted by atomic mass is 35.5. The summed E-state index contributed by atoms with van der Waals surface area (Å²) in [5, 5.41) is 3.73. The van der Waals surface area contributed by atoms with Gasteiger partial charge in [-0.3, -0.25) is 0 Å². The van der Waals surface area contributed by atoms with Crippen molar-refractivity contribution in [2.45, 2.75) is 13.1 Å². The van der Waals surface area contributed by atoms with Crippen molar-refractivity contribution in [2.75, 3.05) is 7.11 Å². The minimum atomic E-state index is -1.59. The number of rotatable bonds is 1. The third kappa shape index (κ3) is 1.46. The molecular weight excluding hydrogens is 260 g/mol. The molecule has 2 aromatic carbocycles. The van der Waals surface area contributed by atoms with Crippen LogP contribution in [0.2, 0.25) is 18.1 Å². The van der Waals surface area contributed by atoms with Gasteiger partial charge >= 0.3 is 0 Å². The van der Waals surface area contributed by atoms with Gasteiger partial charge in [0.1, 0.15) is 13.8 Å². The first-order chi connectivity index (χ1) is 8.55. The van der Waals surface area contributed by atoms with Crippen LogP contribution < -0.4 is 15.1 Å².